The van der Waals surface area contributed by atoms with Crippen LogP contribution in [0.4, 0.5) is 0 Å². The zero-order valence-electron chi connectivity index (χ0n) is 15.5. The number of nitrogens with zero attached hydrogens (tertiary/aromatic N) is 2. The molecule has 0 aliphatic heterocycles. The maximum absolute atomic E-state index is 12.5. The SMILES string of the molecule is CC(NC(=O)CSc1nnc(-c2ccco2)o1)C12CC3CC(CC(C3)C1)C2. The summed E-state index contributed by atoms with van der Waals surface area (Å²) >= 11 is 1.27. The van der Waals surface area contributed by atoms with Crippen LogP contribution in [0.3, 0.4) is 0 Å². The Hall–Kier alpha value is -1.76. The van der Waals surface area contributed by atoms with Crippen molar-refractivity contribution in [3.63, 3.8) is 0 Å². The smallest absolute Gasteiger partial charge is 0.284 e. The maximum Gasteiger partial charge on any atom is 0.284 e. The summed E-state index contributed by atoms with van der Waals surface area (Å²) in [5.41, 5.74) is 0.325. The van der Waals surface area contributed by atoms with Crippen molar-refractivity contribution in [1.82, 2.24) is 15.5 Å². The molecule has 4 bridgehead atoms. The van der Waals surface area contributed by atoms with Gasteiger partial charge in [-0.1, -0.05) is 11.8 Å². The van der Waals surface area contributed by atoms with Crippen LogP contribution < -0.4 is 5.32 Å². The van der Waals surface area contributed by atoms with Gasteiger partial charge in [0.05, 0.1) is 12.0 Å². The van der Waals surface area contributed by atoms with Crippen molar-refractivity contribution >= 4 is 17.7 Å². The molecule has 2 heterocycles. The highest BCUT2D eigenvalue weighted by Gasteiger charge is 2.53. The minimum atomic E-state index is 0.0426. The molecule has 2 aromatic heterocycles. The van der Waals surface area contributed by atoms with Crippen LogP contribution in [-0.2, 0) is 4.79 Å². The van der Waals surface area contributed by atoms with E-state index in [2.05, 4.69) is 22.4 Å². The van der Waals surface area contributed by atoms with Crippen molar-refractivity contribution in [3.8, 4) is 11.7 Å². The summed E-state index contributed by atoms with van der Waals surface area (Å²) in [6.07, 6.45) is 9.71. The lowest BCUT2D eigenvalue weighted by molar-refractivity contribution is -0.123. The molecule has 4 aliphatic rings. The number of carbonyl (C=O) groups excluding carboxylic acids is 1. The lowest BCUT2D eigenvalue weighted by Crippen LogP contribution is -2.56. The third-order valence-electron chi connectivity index (χ3n) is 6.85. The lowest BCUT2D eigenvalue weighted by Gasteiger charge is -2.59. The first-order valence-corrected chi connectivity index (χ1v) is 10.9. The molecule has 1 N–H and O–H groups in total. The van der Waals surface area contributed by atoms with Crippen LogP contribution in [0.25, 0.3) is 11.7 Å². The highest BCUT2D eigenvalue weighted by molar-refractivity contribution is 7.99. The van der Waals surface area contributed by atoms with E-state index in [4.69, 9.17) is 8.83 Å². The number of nitrogens with one attached hydrogen (secondary N) is 1. The van der Waals surface area contributed by atoms with Gasteiger partial charge in [-0.15, -0.1) is 10.2 Å². The highest BCUT2D eigenvalue weighted by Crippen LogP contribution is 2.61. The second-order valence-electron chi connectivity index (χ2n) is 8.71. The molecular weight excluding hydrogens is 362 g/mol. The van der Waals surface area contributed by atoms with Gasteiger partial charge < -0.3 is 14.2 Å². The fourth-order valence-corrected chi connectivity index (χ4v) is 6.61. The zero-order chi connectivity index (χ0) is 18.4. The number of furan rings is 1. The quantitative estimate of drug-likeness (QED) is 0.750. The van der Waals surface area contributed by atoms with Gasteiger partial charge in [-0.25, -0.2) is 0 Å². The highest BCUT2D eigenvalue weighted by atomic mass is 32.2. The van der Waals surface area contributed by atoms with E-state index in [9.17, 15) is 4.79 Å². The van der Waals surface area contributed by atoms with Gasteiger partial charge in [0.15, 0.2) is 5.76 Å². The summed E-state index contributed by atoms with van der Waals surface area (Å²) in [7, 11) is 0. The van der Waals surface area contributed by atoms with Gasteiger partial charge in [-0.3, -0.25) is 4.79 Å². The molecule has 6 rings (SSSR count). The molecule has 4 fully saturated rings. The summed E-state index contributed by atoms with van der Waals surface area (Å²) in [4.78, 5) is 12.5. The Labute approximate surface area is 162 Å². The first kappa shape index (κ1) is 17.3. The van der Waals surface area contributed by atoms with Gasteiger partial charge in [0, 0.05) is 6.04 Å². The first-order valence-electron chi connectivity index (χ1n) is 9.89. The van der Waals surface area contributed by atoms with E-state index in [1.54, 1.807) is 18.4 Å². The number of hydrogen-bond acceptors (Lipinski definition) is 6. The van der Waals surface area contributed by atoms with Crippen LogP contribution >= 0.6 is 11.8 Å². The number of aromatic nitrogens is 2. The Balaban J connectivity index is 1.17. The Morgan fingerprint density at radius 2 is 1.96 bits per heavy atom. The van der Waals surface area contributed by atoms with Gasteiger partial charge >= 0.3 is 0 Å². The summed E-state index contributed by atoms with van der Waals surface area (Å²) < 4.78 is 10.8. The fourth-order valence-electron chi connectivity index (χ4n) is 6.04. The van der Waals surface area contributed by atoms with Crippen molar-refractivity contribution in [2.45, 2.75) is 56.7 Å². The molecule has 6 nitrogen and oxygen atoms in total. The summed E-state index contributed by atoms with van der Waals surface area (Å²) in [6.45, 7) is 2.21. The third kappa shape index (κ3) is 3.30. The molecular formula is C20H25N3O3S. The maximum atomic E-state index is 12.5. The van der Waals surface area contributed by atoms with E-state index in [-0.39, 0.29) is 17.7 Å². The molecule has 1 amide bonds. The van der Waals surface area contributed by atoms with Crippen molar-refractivity contribution in [2.24, 2.45) is 23.2 Å². The Morgan fingerprint density at radius 1 is 1.26 bits per heavy atom. The van der Waals surface area contributed by atoms with Crippen LogP contribution in [-0.4, -0.2) is 27.9 Å². The molecule has 144 valence electrons. The van der Waals surface area contributed by atoms with Crippen molar-refractivity contribution in [2.75, 3.05) is 5.75 Å². The molecule has 2 aromatic rings. The second kappa shape index (κ2) is 6.69. The number of amides is 1. The fraction of sp³-hybridized carbons (Fsp3) is 0.650. The molecule has 4 saturated carbocycles. The van der Waals surface area contributed by atoms with E-state index in [1.807, 2.05) is 0 Å². The third-order valence-corrected chi connectivity index (χ3v) is 7.67. The molecule has 27 heavy (non-hydrogen) atoms. The van der Waals surface area contributed by atoms with E-state index >= 15 is 0 Å². The zero-order valence-corrected chi connectivity index (χ0v) is 16.3. The molecule has 4 aliphatic carbocycles. The van der Waals surface area contributed by atoms with E-state index < -0.39 is 0 Å². The molecule has 0 saturated heterocycles. The van der Waals surface area contributed by atoms with Crippen molar-refractivity contribution < 1.29 is 13.6 Å². The summed E-state index contributed by atoms with van der Waals surface area (Å²) in [5.74, 6) is 3.88. The van der Waals surface area contributed by atoms with Crippen LogP contribution in [0, 0.1) is 23.2 Å². The van der Waals surface area contributed by atoms with Gasteiger partial charge in [0.1, 0.15) is 0 Å². The lowest BCUT2D eigenvalue weighted by atomic mass is 9.48. The van der Waals surface area contributed by atoms with Gasteiger partial charge in [-0.05, 0) is 80.8 Å². The number of rotatable bonds is 6. The average molecular weight is 388 g/mol. The minimum absolute atomic E-state index is 0.0426. The van der Waals surface area contributed by atoms with Crippen LogP contribution in [0.2, 0.25) is 0 Å². The summed E-state index contributed by atoms with van der Waals surface area (Å²) in [5, 5.41) is 11.6. The van der Waals surface area contributed by atoms with E-state index in [1.165, 1.54) is 50.3 Å². The second-order valence-corrected chi connectivity index (χ2v) is 9.63. The predicted octanol–water partition coefficient (Wildman–Crippen LogP) is 4.14. The topological polar surface area (TPSA) is 81.2 Å². The Morgan fingerprint density at radius 3 is 2.59 bits per heavy atom. The van der Waals surface area contributed by atoms with E-state index in [0.29, 0.717) is 22.3 Å². The minimum Gasteiger partial charge on any atom is -0.459 e. The van der Waals surface area contributed by atoms with Crippen LogP contribution in [0.5, 0.6) is 0 Å². The standard InChI is InChI=1S/C20H25N3O3S/c1-12(20-8-13-5-14(9-20)7-15(6-13)10-20)21-17(24)11-27-19-23-22-18(26-19)16-3-2-4-25-16/h2-4,12-15H,5-11H2,1H3,(H,21,24). The van der Waals surface area contributed by atoms with Gasteiger partial charge in [0.2, 0.25) is 5.91 Å². The number of thioether (sulfide) groups is 1. The van der Waals surface area contributed by atoms with Gasteiger partial charge in [0.25, 0.3) is 11.1 Å². The van der Waals surface area contributed by atoms with Gasteiger partial charge in [-0.2, -0.15) is 0 Å². The first-order chi connectivity index (χ1) is 13.1. The number of hydrogen-bond donors (Lipinski definition) is 1. The normalized spacial score (nSPS) is 32.6. The van der Waals surface area contributed by atoms with E-state index in [0.717, 1.165) is 17.8 Å². The Kier molecular flexibility index (Phi) is 4.30. The Bertz CT molecular complexity index is 781. The van der Waals surface area contributed by atoms with Crippen molar-refractivity contribution in [1.29, 1.82) is 0 Å². The van der Waals surface area contributed by atoms with Crippen LogP contribution in [0.1, 0.15) is 45.4 Å². The van der Waals surface area contributed by atoms with Crippen molar-refractivity contribution in [3.05, 3.63) is 18.4 Å². The molecule has 0 spiro atoms. The molecule has 7 heteroatoms. The average Bonchev–Trinajstić information content (AvgIpc) is 3.30. The van der Waals surface area contributed by atoms with Crippen LogP contribution in [0.15, 0.2) is 32.5 Å². The summed E-state index contributed by atoms with van der Waals surface area (Å²) in [6, 6.07) is 3.77. The predicted molar refractivity (Wildman–Crippen MR) is 101 cm³/mol. The molecule has 0 radical (unpaired) electrons. The largest absolute Gasteiger partial charge is 0.459 e. The molecule has 0 aromatic carbocycles. The number of carbonyl (C=O) groups is 1. The molecule has 1 unspecified atom stereocenters. The molecule has 1 atom stereocenters. The monoisotopic (exact) mass is 387 g/mol.